The number of hydrogen-bond acceptors (Lipinski definition) is 2. The van der Waals surface area contributed by atoms with Gasteiger partial charge in [-0.1, -0.05) is 6.07 Å². The predicted octanol–water partition coefficient (Wildman–Crippen LogP) is 3.07. The normalized spacial score (nSPS) is 11.0. The second-order valence-electron chi connectivity index (χ2n) is 4.32. The number of nitrogens with zero attached hydrogens (tertiary/aromatic N) is 1. The van der Waals surface area contributed by atoms with E-state index in [4.69, 9.17) is 10.5 Å². The minimum atomic E-state index is 0. The number of benzene rings is 1. The van der Waals surface area contributed by atoms with Crippen LogP contribution in [0, 0.1) is 13.8 Å². The van der Waals surface area contributed by atoms with E-state index in [9.17, 15) is 0 Å². The zero-order valence-corrected chi connectivity index (χ0v) is 14.2. The number of rotatable bonds is 6. The van der Waals surface area contributed by atoms with Crippen molar-refractivity contribution in [2.24, 2.45) is 10.7 Å². The number of nitrogens with one attached hydrogen (secondary N) is 1. The molecule has 1 rings (SSSR count). The summed E-state index contributed by atoms with van der Waals surface area (Å²) in [6, 6.07) is 6.23. The van der Waals surface area contributed by atoms with E-state index in [1.54, 1.807) is 0 Å². The summed E-state index contributed by atoms with van der Waals surface area (Å²) < 4.78 is 5.23. The van der Waals surface area contributed by atoms with Crippen LogP contribution in [0.15, 0.2) is 23.2 Å². The van der Waals surface area contributed by atoms with Crippen molar-refractivity contribution in [1.29, 1.82) is 0 Å². The smallest absolute Gasteiger partial charge is 0.193 e. The van der Waals surface area contributed by atoms with Crippen LogP contribution in [0.2, 0.25) is 0 Å². The summed E-state index contributed by atoms with van der Waals surface area (Å²) in [5, 5.41) is 3.10. The van der Waals surface area contributed by atoms with Gasteiger partial charge in [0.05, 0.1) is 0 Å². The van der Waals surface area contributed by atoms with Crippen molar-refractivity contribution in [3.8, 4) is 0 Å². The van der Waals surface area contributed by atoms with E-state index in [0.29, 0.717) is 12.5 Å². The number of nitrogens with two attached hydrogens (primary N) is 1. The number of aliphatic imine (C=N–C) groups is 1. The topological polar surface area (TPSA) is 59.6 Å². The number of hydrogen-bond donors (Lipinski definition) is 2. The summed E-state index contributed by atoms with van der Waals surface area (Å²) in [6.07, 6.45) is 0.892. The highest BCUT2D eigenvalue weighted by molar-refractivity contribution is 14.0. The van der Waals surface area contributed by atoms with E-state index < -0.39 is 0 Å². The standard InChI is InChI=1S/C14H23N3O.HI/c1-4-18-7-5-6-16-14(15)17-13-9-11(2)8-12(3)10-13;/h8-10H,4-7H2,1-3H3,(H3,15,16,17);1H. The molecule has 0 aliphatic carbocycles. The predicted molar refractivity (Wildman–Crippen MR) is 92.6 cm³/mol. The van der Waals surface area contributed by atoms with Crippen LogP contribution < -0.4 is 11.1 Å². The quantitative estimate of drug-likeness (QED) is 0.347. The highest BCUT2D eigenvalue weighted by atomic mass is 127. The summed E-state index contributed by atoms with van der Waals surface area (Å²) in [7, 11) is 0. The molecule has 0 radical (unpaired) electrons. The third-order valence-corrected chi connectivity index (χ3v) is 2.43. The molecule has 0 amide bonds. The molecule has 1 aromatic rings. The third-order valence-electron chi connectivity index (χ3n) is 2.43. The minimum absolute atomic E-state index is 0. The Morgan fingerprint density at radius 3 is 2.47 bits per heavy atom. The second kappa shape index (κ2) is 10.0. The van der Waals surface area contributed by atoms with Gasteiger partial charge in [-0.05, 0) is 50.5 Å². The molecule has 0 fully saturated rings. The Morgan fingerprint density at radius 1 is 1.26 bits per heavy atom. The first-order valence-electron chi connectivity index (χ1n) is 6.35. The van der Waals surface area contributed by atoms with Crippen LogP contribution in [-0.2, 0) is 4.74 Å². The van der Waals surface area contributed by atoms with Crippen molar-refractivity contribution < 1.29 is 4.74 Å². The third kappa shape index (κ3) is 8.05. The molecule has 1 aromatic carbocycles. The fraction of sp³-hybridized carbons (Fsp3) is 0.500. The maximum Gasteiger partial charge on any atom is 0.193 e. The van der Waals surface area contributed by atoms with Crippen molar-refractivity contribution in [3.05, 3.63) is 29.3 Å². The van der Waals surface area contributed by atoms with Gasteiger partial charge in [0, 0.05) is 25.4 Å². The highest BCUT2D eigenvalue weighted by Gasteiger charge is 1.97. The Balaban J connectivity index is 0.00000324. The van der Waals surface area contributed by atoms with Gasteiger partial charge in [-0.2, -0.15) is 0 Å². The van der Waals surface area contributed by atoms with Crippen LogP contribution in [-0.4, -0.2) is 25.7 Å². The van der Waals surface area contributed by atoms with Crippen LogP contribution in [0.4, 0.5) is 5.69 Å². The zero-order chi connectivity index (χ0) is 13.4. The van der Waals surface area contributed by atoms with Gasteiger partial charge < -0.3 is 15.8 Å². The Labute approximate surface area is 132 Å². The van der Waals surface area contributed by atoms with Crippen LogP contribution in [0.25, 0.3) is 0 Å². The van der Waals surface area contributed by atoms with Crippen molar-refractivity contribution >= 4 is 35.6 Å². The molecule has 0 unspecified atom stereocenters. The number of guanidine groups is 1. The van der Waals surface area contributed by atoms with Crippen molar-refractivity contribution in [2.75, 3.05) is 25.1 Å². The van der Waals surface area contributed by atoms with E-state index in [0.717, 1.165) is 25.3 Å². The Morgan fingerprint density at radius 2 is 1.89 bits per heavy atom. The van der Waals surface area contributed by atoms with Gasteiger partial charge >= 0.3 is 0 Å². The second-order valence-corrected chi connectivity index (χ2v) is 4.32. The SMILES string of the molecule is CCOCCCN=C(N)Nc1cc(C)cc(C)c1.I. The monoisotopic (exact) mass is 377 g/mol. The van der Waals surface area contributed by atoms with Crippen LogP contribution in [0.3, 0.4) is 0 Å². The number of ether oxygens (including phenoxy) is 1. The van der Waals surface area contributed by atoms with E-state index in [1.165, 1.54) is 11.1 Å². The molecule has 5 heteroatoms. The molecule has 0 saturated heterocycles. The lowest BCUT2D eigenvalue weighted by Crippen LogP contribution is -2.23. The van der Waals surface area contributed by atoms with Gasteiger partial charge in [0.2, 0.25) is 0 Å². The van der Waals surface area contributed by atoms with E-state index in [1.807, 2.05) is 6.92 Å². The van der Waals surface area contributed by atoms with Crippen LogP contribution in [0.1, 0.15) is 24.5 Å². The molecular formula is C14H24IN3O. The lowest BCUT2D eigenvalue weighted by molar-refractivity contribution is 0.146. The summed E-state index contributed by atoms with van der Waals surface area (Å²) in [6.45, 7) is 8.28. The maximum atomic E-state index is 5.82. The number of halogens is 1. The van der Waals surface area contributed by atoms with Gasteiger partial charge in [0.15, 0.2) is 5.96 Å². The van der Waals surface area contributed by atoms with Gasteiger partial charge in [-0.15, -0.1) is 24.0 Å². The van der Waals surface area contributed by atoms with E-state index >= 15 is 0 Å². The van der Waals surface area contributed by atoms with Crippen LogP contribution in [0.5, 0.6) is 0 Å². The first-order valence-corrected chi connectivity index (χ1v) is 6.35. The Bertz CT molecular complexity index is 387. The minimum Gasteiger partial charge on any atom is -0.382 e. The van der Waals surface area contributed by atoms with Gasteiger partial charge in [-0.25, -0.2) is 0 Å². The average Bonchev–Trinajstić information content (AvgIpc) is 2.27. The summed E-state index contributed by atoms with van der Waals surface area (Å²) in [5.74, 6) is 0.455. The molecule has 0 aliphatic heterocycles. The number of aryl methyl sites for hydroxylation is 2. The Kier molecular flexibility index (Phi) is 9.59. The van der Waals surface area contributed by atoms with E-state index in [2.05, 4.69) is 42.4 Å². The van der Waals surface area contributed by atoms with Gasteiger partial charge in [-0.3, -0.25) is 4.99 Å². The Hall–Kier alpha value is -0.820. The summed E-state index contributed by atoms with van der Waals surface area (Å²) >= 11 is 0. The molecule has 19 heavy (non-hydrogen) atoms. The lowest BCUT2D eigenvalue weighted by atomic mass is 10.1. The molecular weight excluding hydrogens is 353 g/mol. The van der Waals surface area contributed by atoms with Crippen molar-refractivity contribution in [3.63, 3.8) is 0 Å². The lowest BCUT2D eigenvalue weighted by Gasteiger charge is -2.08. The maximum absolute atomic E-state index is 5.82. The molecule has 0 bridgehead atoms. The summed E-state index contributed by atoms with van der Waals surface area (Å²) in [5.41, 5.74) is 9.22. The fourth-order valence-electron chi connectivity index (χ4n) is 1.74. The van der Waals surface area contributed by atoms with Crippen LogP contribution >= 0.6 is 24.0 Å². The molecule has 3 N–H and O–H groups in total. The first-order chi connectivity index (χ1) is 8.61. The molecule has 0 spiro atoms. The van der Waals surface area contributed by atoms with Crippen molar-refractivity contribution in [2.45, 2.75) is 27.2 Å². The molecule has 0 atom stereocenters. The molecule has 0 aromatic heterocycles. The van der Waals surface area contributed by atoms with Gasteiger partial charge in [0.25, 0.3) is 0 Å². The first kappa shape index (κ1) is 18.2. The number of anilines is 1. The van der Waals surface area contributed by atoms with Gasteiger partial charge in [0.1, 0.15) is 0 Å². The largest absolute Gasteiger partial charge is 0.382 e. The van der Waals surface area contributed by atoms with Crippen molar-refractivity contribution in [1.82, 2.24) is 0 Å². The molecule has 4 nitrogen and oxygen atoms in total. The van der Waals surface area contributed by atoms with E-state index in [-0.39, 0.29) is 24.0 Å². The molecule has 0 heterocycles. The molecule has 108 valence electrons. The summed E-state index contributed by atoms with van der Waals surface area (Å²) in [4.78, 5) is 4.25. The zero-order valence-electron chi connectivity index (χ0n) is 11.9. The highest BCUT2D eigenvalue weighted by Crippen LogP contribution is 2.13. The molecule has 0 saturated carbocycles. The average molecular weight is 377 g/mol. The fourth-order valence-corrected chi connectivity index (χ4v) is 1.74. The molecule has 0 aliphatic rings.